The molecule has 4 nitrogen and oxygen atoms in total. The standard InChI is InChI=1S/C19H21N2O2/c1-19(2,3)23-18(22)21-17(16-12-8-5-9-13-16)20-14-15-10-6-4-7-11-15/h4,6-13H,14H2,1-3H3,(H,20,21,22). The van der Waals surface area contributed by atoms with Gasteiger partial charge in [0.15, 0.2) is 0 Å². The van der Waals surface area contributed by atoms with Crippen molar-refractivity contribution in [1.29, 1.82) is 0 Å². The Labute approximate surface area is 137 Å². The van der Waals surface area contributed by atoms with Crippen LogP contribution in [0.5, 0.6) is 0 Å². The van der Waals surface area contributed by atoms with Crippen LogP contribution >= 0.6 is 0 Å². The Morgan fingerprint density at radius 1 is 1.13 bits per heavy atom. The second-order valence-electron chi connectivity index (χ2n) is 6.07. The fourth-order valence-corrected chi connectivity index (χ4v) is 1.91. The molecule has 0 aliphatic rings. The summed E-state index contributed by atoms with van der Waals surface area (Å²) < 4.78 is 5.27. The molecule has 1 N–H and O–H groups in total. The first-order valence-corrected chi connectivity index (χ1v) is 7.50. The Kier molecular flexibility index (Phi) is 5.52. The number of aliphatic imine (C=N–C) groups is 1. The minimum atomic E-state index is -0.610. The van der Waals surface area contributed by atoms with Crippen molar-refractivity contribution in [3.63, 3.8) is 0 Å². The van der Waals surface area contributed by atoms with E-state index in [0.29, 0.717) is 12.4 Å². The maximum atomic E-state index is 12.0. The van der Waals surface area contributed by atoms with Gasteiger partial charge in [-0.05, 0) is 32.4 Å². The number of hydrogen-bond donors (Lipinski definition) is 1. The average molecular weight is 309 g/mol. The van der Waals surface area contributed by atoms with Crippen LogP contribution in [0.15, 0.2) is 59.6 Å². The van der Waals surface area contributed by atoms with Crippen molar-refractivity contribution < 1.29 is 9.53 Å². The molecule has 0 unspecified atom stereocenters. The zero-order valence-corrected chi connectivity index (χ0v) is 13.7. The van der Waals surface area contributed by atoms with Gasteiger partial charge in [0.05, 0.1) is 0 Å². The minimum absolute atomic E-state index is 0.483. The van der Waals surface area contributed by atoms with Crippen LogP contribution < -0.4 is 5.32 Å². The van der Waals surface area contributed by atoms with Crippen LogP contribution in [-0.4, -0.2) is 17.5 Å². The maximum absolute atomic E-state index is 12.0. The van der Waals surface area contributed by atoms with E-state index in [-0.39, 0.29) is 0 Å². The Bertz CT molecular complexity index is 659. The van der Waals surface area contributed by atoms with Crippen LogP contribution in [0, 0.1) is 6.07 Å². The lowest BCUT2D eigenvalue weighted by Crippen LogP contribution is -2.28. The molecule has 0 fully saturated rings. The predicted molar refractivity (Wildman–Crippen MR) is 91.3 cm³/mol. The fourth-order valence-electron chi connectivity index (χ4n) is 1.91. The largest absolute Gasteiger partial charge is 0.442 e. The Morgan fingerprint density at radius 3 is 2.39 bits per heavy atom. The van der Waals surface area contributed by atoms with Gasteiger partial charge < -0.3 is 10.1 Å². The summed E-state index contributed by atoms with van der Waals surface area (Å²) in [5.41, 5.74) is 1.34. The predicted octanol–water partition coefficient (Wildman–Crippen LogP) is 3.96. The lowest BCUT2D eigenvalue weighted by molar-refractivity contribution is 0.0604. The monoisotopic (exact) mass is 309 g/mol. The van der Waals surface area contributed by atoms with Crippen molar-refractivity contribution in [3.8, 4) is 0 Å². The molecule has 0 aliphatic heterocycles. The topological polar surface area (TPSA) is 50.7 Å². The molecule has 0 saturated carbocycles. The first kappa shape index (κ1) is 16.7. The Morgan fingerprint density at radius 2 is 1.78 bits per heavy atom. The molecule has 119 valence electrons. The van der Waals surface area contributed by atoms with Crippen molar-refractivity contribution in [1.82, 2.24) is 5.32 Å². The summed E-state index contributed by atoms with van der Waals surface area (Å²) >= 11 is 0. The zero-order chi connectivity index (χ0) is 16.7. The maximum Gasteiger partial charge on any atom is 0.436 e. The summed E-state index contributed by atoms with van der Waals surface area (Å²) in [7, 11) is 0. The molecule has 2 rings (SSSR count). The first-order valence-electron chi connectivity index (χ1n) is 7.50. The first-order chi connectivity index (χ1) is 10.9. The van der Waals surface area contributed by atoms with E-state index in [0.717, 1.165) is 11.1 Å². The van der Waals surface area contributed by atoms with Gasteiger partial charge in [-0.25, -0.2) is 4.79 Å². The zero-order valence-electron chi connectivity index (χ0n) is 13.7. The molecule has 23 heavy (non-hydrogen) atoms. The molecule has 0 atom stereocenters. The summed E-state index contributed by atoms with van der Waals surface area (Å²) in [6.07, 6.45) is -0.610. The summed E-state index contributed by atoms with van der Waals surface area (Å²) in [6, 6.07) is 20.1. The normalized spacial score (nSPS) is 11.9. The molecule has 0 aliphatic carbocycles. The molecule has 2 aromatic carbocycles. The van der Waals surface area contributed by atoms with E-state index in [2.05, 4.69) is 16.4 Å². The van der Waals surface area contributed by atoms with Gasteiger partial charge in [0.2, 0.25) is 0 Å². The van der Waals surface area contributed by atoms with Gasteiger partial charge in [0.25, 0.3) is 0 Å². The van der Waals surface area contributed by atoms with Gasteiger partial charge in [0, 0.05) is 12.1 Å². The van der Waals surface area contributed by atoms with Gasteiger partial charge in [0.1, 0.15) is 11.4 Å². The van der Waals surface area contributed by atoms with Crippen molar-refractivity contribution in [2.45, 2.75) is 32.9 Å². The number of nitrogens with one attached hydrogen (secondary N) is 1. The second kappa shape index (κ2) is 7.58. The highest BCUT2D eigenvalue weighted by molar-refractivity contribution is 6.03. The Hall–Kier alpha value is -2.62. The highest BCUT2D eigenvalue weighted by atomic mass is 16.6. The number of hydrogen-bond acceptors (Lipinski definition) is 2. The number of amidine groups is 1. The highest BCUT2D eigenvalue weighted by Gasteiger charge is 2.16. The number of amides is 1. The highest BCUT2D eigenvalue weighted by Crippen LogP contribution is 2.09. The van der Waals surface area contributed by atoms with E-state index in [4.69, 9.17) is 4.74 Å². The molecular weight excluding hydrogens is 288 g/mol. The van der Waals surface area contributed by atoms with Crippen LogP contribution in [0.1, 0.15) is 31.9 Å². The van der Waals surface area contributed by atoms with Crippen LogP contribution in [0.4, 0.5) is 4.79 Å². The SMILES string of the molecule is CC(C)(C)OC(=O)/N=C(/NCc1ccccc1)c1cc[c]cc1. The van der Waals surface area contributed by atoms with Gasteiger partial charge in [-0.15, -0.1) is 0 Å². The molecule has 0 heterocycles. The van der Waals surface area contributed by atoms with Gasteiger partial charge in [-0.1, -0.05) is 54.6 Å². The van der Waals surface area contributed by atoms with E-state index in [9.17, 15) is 4.79 Å². The Balaban J connectivity index is 2.17. The summed E-state index contributed by atoms with van der Waals surface area (Å²) in [5, 5.41) is 3.20. The van der Waals surface area contributed by atoms with Gasteiger partial charge >= 0.3 is 6.09 Å². The fraction of sp³-hybridized carbons (Fsp3) is 0.263. The third kappa shape index (κ3) is 5.94. The van der Waals surface area contributed by atoms with Crippen LogP contribution in [-0.2, 0) is 11.3 Å². The van der Waals surface area contributed by atoms with Crippen LogP contribution in [0.3, 0.4) is 0 Å². The number of ether oxygens (including phenoxy) is 1. The number of nitrogens with zero attached hydrogens (tertiary/aromatic N) is 1. The van der Waals surface area contributed by atoms with Gasteiger partial charge in [-0.3, -0.25) is 0 Å². The molecule has 0 spiro atoms. The molecule has 2 aromatic rings. The summed E-state index contributed by atoms with van der Waals surface area (Å²) in [4.78, 5) is 16.1. The van der Waals surface area contributed by atoms with E-state index in [1.807, 2.05) is 63.2 Å². The quantitative estimate of drug-likeness (QED) is 0.689. The number of carbonyl (C=O) groups is 1. The summed E-state index contributed by atoms with van der Waals surface area (Å²) in [5.74, 6) is 0.483. The van der Waals surface area contributed by atoms with Gasteiger partial charge in [-0.2, -0.15) is 4.99 Å². The van der Waals surface area contributed by atoms with Crippen molar-refractivity contribution >= 4 is 11.9 Å². The molecular formula is C19H21N2O2. The third-order valence-electron chi connectivity index (χ3n) is 2.89. The molecule has 4 heteroatoms. The molecule has 1 radical (unpaired) electrons. The van der Waals surface area contributed by atoms with E-state index < -0.39 is 11.7 Å². The average Bonchev–Trinajstić information content (AvgIpc) is 2.51. The van der Waals surface area contributed by atoms with Crippen molar-refractivity contribution in [2.75, 3.05) is 0 Å². The third-order valence-corrected chi connectivity index (χ3v) is 2.89. The second-order valence-corrected chi connectivity index (χ2v) is 6.07. The number of carbonyl (C=O) groups excluding carboxylic acids is 1. The van der Waals surface area contributed by atoms with E-state index >= 15 is 0 Å². The lowest BCUT2D eigenvalue weighted by Gasteiger charge is -2.18. The molecule has 0 saturated heterocycles. The summed E-state index contributed by atoms with van der Waals surface area (Å²) in [6.45, 7) is 6.01. The smallest absolute Gasteiger partial charge is 0.436 e. The molecule has 0 bridgehead atoms. The lowest BCUT2D eigenvalue weighted by atomic mass is 10.2. The van der Waals surface area contributed by atoms with Crippen LogP contribution in [0.25, 0.3) is 0 Å². The minimum Gasteiger partial charge on any atom is -0.442 e. The van der Waals surface area contributed by atoms with Crippen molar-refractivity contribution in [3.05, 3.63) is 71.8 Å². The van der Waals surface area contributed by atoms with Crippen molar-refractivity contribution in [2.24, 2.45) is 4.99 Å². The van der Waals surface area contributed by atoms with E-state index in [1.165, 1.54) is 0 Å². The van der Waals surface area contributed by atoms with Crippen LogP contribution in [0.2, 0.25) is 0 Å². The molecule has 1 amide bonds. The van der Waals surface area contributed by atoms with E-state index in [1.54, 1.807) is 12.1 Å². The number of benzene rings is 2. The molecule has 0 aromatic heterocycles. The number of rotatable bonds is 3.